The number of hydrogen-bond acceptors (Lipinski definition) is 2. The molecule has 0 aliphatic heterocycles. The Morgan fingerprint density at radius 2 is 1.81 bits per heavy atom. The minimum Gasteiger partial charge on any atom is -0.305 e. The Kier molecular flexibility index (Phi) is 4.17. The molecule has 0 aromatic rings. The maximum absolute atomic E-state index is 12.6. The Labute approximate surface area is 100 Å². The first-order valence-electron chi connectivity index (χ1n) is 6.62. The fourth-order valence-electron chi connectivity index (χ4n) is 2.80. The van der Waals surface area contributed by atoms with Crippen molar-refractivity contribution in [3.8, 4) is 0 Å². The van der Waals surface area contributed by atoms with Crippen LogP contribution >= 0.6 is 0 Å². The van der Waals surface area contributed by atoms with Crippen LogP contribution in [0.25, 0.3) is 0 Å². The smallest absolute Gasteiger partial charge is 0.158 e. The Balaban J connectivity index is 2.85. The fraction of sp³-hybridized carbons (Fsp3) is 0.929. The largest absolute Gasteiger partial charge is 0.305 e. The van der Waals surface area contributed by atoms with Gasteiger partial charge in [-0.25, -0.2) is 0 Å². The van der Waals surface area contributed by atoms with Crippen LogP contribution in [0, 0.1) is 11.3 Å². The van der Waals surface area contributed by atoms with E-state index in [0.717, 1.165) is 25.3 Å². The van der Waals surface area contributed by atoms with E-state index in [0.29, 0.717) is 5.78 Å². The lowest BCUT2D eigenvalue weighted by molar-refractivity contribution is -0.135. The Bertz CT molecular complexity index is 244. The standard InChI is InChI=1S/C14H27NO/c1-6-15-14(12(16)13(3,4)5)9-7-11(2)8-10-14/h11,15H,6-10H2,1-5H3. The average molecular weight is 225 g/mol. The lowest BCUT2D eigenvalue weighted by atomic mass is 9.68. The molecular weight excluding hydrogens is 198 g/mol. The molecule has 0 aromatic carbocycles. The zero-order valence-corrected chi connectivity index (χ0v) is 11.5. The van der Waals surface area contributed by atoms with Crippen molar-refractivity contribution < 1.29 is 4.79 Å². The molecule has 1 aliphatic rings. The lowest BCUT2D eigenvalue weighted by Gasteiger charge is -2.42. The van der Waals surface area contributed by atoms with Crippen LogP contribution in [0.15, 0.2) is 0 Å². The quantitative estimate of drug-likeness (QED) is 0.799. The highest BCUT2D eigenvalue weighted by Gasteiger charge is 2.44. The van der Waals surface area contributed by atoms with Crippen molar-refractivity contribution >= 4 is 5.78 Å². The molecule has 0 aromatic heterocycles. The molecule has 0 bridgehead atoms. The summed E-state index contributed by atoms with van der Waals surface area (Å²) in [5, 5.41) is 3.48. The lowest BCUT2D eigenvalue weighted by Crippen LogP contribution is -2.57. The molecular formula is C14H27NO. The van der Waals surface area contributed by atoms with Gasteiger partial charge < -0.3 is 5.32 Å². The Morgan fingerprint density at radius 1 is 1.31 bits per heavy atom. The molecule has 0 spiro atoms. The Hall–Kier alpha value is -0.370. The summed E-state index contributed by atoms with van der Waals surface area (Å²) in [5.41, 5.74) is -0.470. The monoisotopic (exact) mass is 225 g/mol. The molecule has 0 atom stereocenters. The first kappa shape index (κ1) is 13.7. The van der Waals surface area contributed by atoms with Crippen LogP contribution in [-0.4, -0.2) is 17.9 Å². The minimum atomic E-state index is -0.237. The number of carbonyl (C=O) groups is 1. The van der Waals surface area contributed by atoms with Crippen molar-refractivity contribution in [1.29, 1.82) is 0 Å². The van der Waals surface area contributed by atoms with Gasteiger partial charge in [-0.2, -0.15) is 0 Å². The summed E-state index contributed by atoms with van der Waals surface area (Å²) in [4.78, 5) is 12.6. The van der Waals surface area contributed by atoms with E-state index >= 15 is 0 Å². The molecule has 0 amide bonds. The van der Waals surface area contributed by atoms with Crippen molar-refractivity contribution in [2.45, 2.75) is 65.8 Å². The highest BCUT2D eigenvalue weighted by Crippen LogP contribution is 2.37. The van der Waals surface area contributed by atoms with E-state index < -0.39 is 0 Å². The second-order valence-corrected chi connectivity index (χ2v) is 6.37. The third kappa shape index (κ3) is 2.85. The number of rotatable bonds is 3. The fourth-order valence-corrected chi connectivity index (χ4v) is 2.80. The number of ketones is 1. The maximum Gasteiger partial charge on any atom is 0.158 e. The predicted octanol–water partition coefficient (Wildman–Crippen LogP) is 3.16. The van der Waals surface area contributed by atoms with Gasteiger partial charge in [0.2, 0.25) is 0 Å². The third-order valence-corrected chi connectivity index (χ3v) is 3.76. The maximum atomic E-state index is 12.6. The van der Waals surface area contributed by atoms with Crippen LogP contribution in [-0.2, 0) is 4.79 Å². The van der Waals surface area contributed by atoms with Gasteiger partial charge in [-0.3, -0.25) is 4.79 Å². The minimum absolute atomic E-state index is 0.233. The number of nitrogens with one attached hydrogen (secondary N) is 1. The third-order valence-electron chi connectivity index (χ3n) is 3.76. The summed E-state index contributed by atoms with van der Waals surface area (Å²) in [6, 6.07) is 0. The summed E-state index contributed by atoms with van der Waals surface area (Å²) in [6.07, 6.45) is 4.37. The molecule has 1 saturated carbocycles. The molecule has 1 aliphatic carbocycles. The molecule has 0 saturated heterocycles. The molecule has 16 heavy (non-hydrogen) atoms. The van der Waals surface area contributed by atoms with Gasteiger partial charge >= 0.3 is 0 Å². The predicted molar refractivity (Wildman–Crippen MR) is 68.5 cm³/mol. The molecule has 94 valence electrons. The molecule has 1 N–H and O–H groups in total. The van der Waals surface area contributed by atoms with Crippen molar-refractivity contribution in [3.05, 3.63) is 0 Å². The molecule has 1 rings (SSSR count). The van der Waals surface area contributed by atoms with Crippen molar-refractivity contribution in [1.82, 2.24) is 5.32 Å². The summed E-state index contributed by atoms with van der Waals surface area (Å²) < 4.78 is 0. The molecule has 1 fully saturated rings. The van der Waals surface area contributed by atoms with E-state index in [1.165, 1.54) is 12.8 Å². The van der Waals surface area contributed by atoms with E-state index in [4.69, 9.17) is 0 Å². The summed E-state index contributed by atoms with van der Waals surface area (Å²) in [7, 11) is 0. The Morgan fingerprint density at radius 3 is 2.19 bits per heavy atom. The molecule has 2 heteroatoms. The number of likely N-dealkylation sites (N-methyl/N-ethyl adjacent to an activating group) is 1. The summed E-state index contributed by atoms with van der Waals surface area (Å²) in [5.74, 6) is 1.17. The van der Waals surface area contributed by atoms with Gasteiger partial charge in [-0.1, -0.05) is 34.6 Å². The molecule has 0 radical (unpaired) electrons. The van der Waals surface area contributed by atoms with Gasteiger partial charge in [0.05, 0.1) is 5.54 Å². The molecule has 0 unspecified atom stereocenters. The second kappa shape index (κ2) is 4.87. The normalized spacial score (nSPS) is 31.4. The number of carbonyl (C=O) groups excluding carboxylic acids is 1. The zero-order valence-electron chi connectivity index (χ0n) is 11.5. The van der Waals surface area contributed by atoms with Gasteiger partial charge in [-0.05, 0) is 38.1 Å². The second-order valence-electron chi connectivity index (χ2n) is 6.37. The molecule has 0 heterocycles. The van der Waals surface area contributed by atoms with E-state index in [2.05, 4.69) is 19.2 Å². The number of hydrogen-bond donors (Lipinski definition) is 1. The average Bonchev–Trinajstić information content (AvgIpc) is 2.20. The van der Waals surface area contributed by atoms with Gasteiger partial charge in [0.15, 0.2) is 5.78 Å². The van der Waals surface area contributed by atoms with Gasteiger partial charge in [-0.15, -0.1) is 0 Å². The van der Waals surface area contributed by atoms with Crippen molar-refractivity contribution in [2.75, 3.05) is 6.54 Å². The topological polar surface area (TPSA) is 29.1 Å². The van der Waals surface area contributed by atoms with E-state index in [1.807, 2.05) is 20.8 Å². The van der Waals surface area contributed by atoms with Crippen molar-refractivity contribution in [3.63, 3.8) is 0 Å². The van der Waals surface area contributed by atoms with E-state index in [1.54, 1.807) is 0 Å². The van der Waals surface area contributed by atoms with Crippen LogP contribution < -0.4 is 5.32 Å². The van der Waals surface area contributed by atoms with Crippen LogP contribution in [0.1, 0.15) is 60.3 Å². The highest BCUT2D eigenvalue weighted by atomic mass is 16.1. The van der Waals surface area contributed by atoms with Crippen molar-refractivity contribution in [2.24, 2.45) is 11.3 Å². The van der Waals surface area contributed by atoms with Crippen LogP contribution in [0.3, 0.4) is 0 Å². The van der Waals surface area contributed by atoms with Crippen LogP contribution in [0.4, 0.5) is 0 Å². The molecule has 2 nitrogen and oxygen atoms in total. The van der Waals surface area contributed by atoms with Gasteiger partial charge in [0, 0.05) is 5.41 Å². The SMILES string of the molecule is CCNC1(C(=O)C(C)(C)C)CCC(C)CC1. The highest BCUT2D eigenvalue weighted by molar-refractivity contribution is 5.92. The van der Waals surface area contributed by atoms with Gasteiger partial charge in [0.1, 0.15) is 0 Å². The first-order chi connectivity index (χ1) is 7.32. The van der Waals surface area contributed by atoms with E-state index in [-0.39, 0.29) is 11.0 Å². The summed E-state index contributed by atoms with van der Waals surface area (Å²) in [6.45, 7) is 11.4. The summed E-state index contributed by atoms with van der Waals surface area (Å²) >= 11 is 0. The number of Topliss-reactive ketones (excluding diaryl/α,β-unsaturated/α-hetero) is 1. The first-order valence-corrected chi connectivity index (χ1v) is 6.62. The zero-order chi connectivity index (χ0) is 12.4. The van der Waals surface area contributed by atoms with E-state index in [9.17, 15) is 4.79 Å². The van der Waals surface area contributed by atoms with Crippen LogP contribution in [0.2, 0.25) is 0 Å². The van der Waals surface area contributed by atoms with Gasteiger partial charge in [0.25, 0.3) is 0 Å². The van der Waals surface area contributed by atoms with Crippen LogP contribution in [0.5, 0.6) is 0 Å².